The van der Waals surface area contributed by atoms with Crippen LogP contribution in [0.2, 0.25) is 0 Å². The van der Waals surface area contributed by atoms with Gasteiger partial charge in [0.1, 0.15) is 16.3 Å². The largest absolute Gasteiger partial charge is 0.465 e. The molecule has 1 atom stereocenters. The van der Waals surface area contributed by atoms with Crippen molar-refractivity contribution in [2.75, 3.05) is 6.61 Å². The highest BCUT2D eigenvalue weighted by atomic mass is 32.2. The Morgan fingerprint density at radius 1 is 1.55 bits per heavy atom. The lowest BCUT2D eigenvalue weighted by Gasteiger charge is -2.17. The first-order valence-corrected chi connectivity index (χ1v) is 7.79. The number of esters is 1. The standard InChI is InChI=1S/C15H18N2O2S/c1-3-19-15(18)10(2)20-14-12(9-16)8-11-6-4-5-7-13(11)17-14/h8,10H,3-7H2,1-2H3. The van der Waals surface area contributed by atoms with Crippen molar-refractivity contribution in [3.05, 3.63) is 22.9 Å². The summed E-state index contributed by atoms with van der Waals surface area (Å²) < 4.78 is 4.99. The van der Waals surface area contributed by atoms with Crippen molar-refractivity contribution in [1.29, 1.82) is 5.26 Å². The van der Waals surface area contributed by atoms with Crippen molar-refractivity contribution in [3.63, 3.8) is 0 Å². The van der Waals surface area contributed by atoms with E-state index in [1.807, 2.05) is 6.07 Å². The highest BCUT2D eigenvalue weighted by molar-refractivity contribution is 8.00. The van der Waals surface area contributed by atoms with E-state index in [9.17, 15) is 10.1 Å². The summed E-state index contributed by atoms with van der Waals surface area (Å²) in [6.45, 7) is 3.94. The summed E-state index contributed by atoms with van der Waals surface area (Å²) in [6.07, 6.45) is 4.26. The van der Waals surface area contributed by atoms with Crippen molar-refractivity contribution < 1.29 is 9.53 Å². The Morgan fingerprint density at radius 3 is 3.00 bits per heavy atom. The van der Waals surface area contributed by atoms with Gasteiger partial charge < -0.3 is 4.74 Å². The minimum atomic E-state index is -0.351. The van der Waals surface area contributed by atoms with Crippen LogP contribution in [0.5, 0.6) is 0 Å². The van der Waals surface area contributed by atoms with Crippen LogP contribution in [0.4, 0.5) is 0 Å². The smallest absolute Gasteiger partial charge is 0.319 e. The molecule has 1 aliphatic carbocycles. The molecule has 5 heteroatoms. The highest BCUT2D eigenvalue weighted by Gasteiger charge is 2.21. The number of rotatable bonds is 4. The summed E-state index contributed by atoms with van der Waals surface area (Å²) >= 11 is 1.31. The zero-order chi connectivity index (χ0) is 14.5. The van der Waals surface area contributed by atoms with E-state index in [0.29, 0.717) is 17.2 Å². The van der Waals surface area contributed by atoms with Crippen molar-refractivity contribution in [1.82, 2.24) is 4.98 Å². The number of hydrogen-bond acceptors (Lipinski definition) is 5. The van der Waals surface area contributed by atoms with E-state index in [0.717, 1.165) is 31.4 Å². The number of nitrogens with zero attached hydrogens (tertiary/aromatic N) is 2. The van der Waals surface area contributed by atoms with E-state index in [1.54, 1.807) is 13.8 Å². The number of carbonyl (C=O) groups is 1. The molecule has 0 saturated carbocycles. The summed E-state index contributed by atoms with van der Waals surface area (Å²) in [5, 5.41) is 9.55. The van der Waals surface area contributed by atoms with Gasteiger partial charge in [0.15, 0.2) is 0 Å². The van der Waals surface area contributed by atoms with Crippen LogP contribution in [0, 0.1) is 11.3 Å². The third kappa shape index (κ3) is 3.31. The number of nitriles is 1. The number of aromatic nitrogens is 1. The van der Waals surface area contributed by atoms with Gasteiger partial charge in [-0.1, -0.05) is 11.8 Å². The summed E-state index contributed by atoms with van der Waals surface area (Å²) in [6, 6.07) is 4.12. The first kappa shape index (κ1) is 14.9. The highest BCUT2D eigenvalue weighted by Crippen LogP contribution is 2.29. The van der Waals surface area contributed by atoms with Crippen LogP contribution in [-0.4, -0.2) is 22.8 Å². The summed E-state index contributed by atoms with van der Waals surface area (Å²) in [7, 11) is 0. The zero-order valence-corrected chi connectivity index (χ0v) is 12.6. The number of aryl methyl sites for hydroxylation is 2. The van der Waals surface area contributed by atoms with E-state index in [1.165, 1.54) is 17.3 Å². The summed E-state index contributed by atoms with van der Waals surface area (Å²) in [5.74, 6) is -0.263. The molecular weight excluding hydrogens is 272 g/mol. The van der Waals surface area contributed by atoms with Gasteiger partial charge in [0.25, 0.3) is 0 Å². The van der Waals surface area contributed by atoms with Gasteiger partial charge in [0.2, 0.25) is 0 Å². The van der Waals surface area contributed by atoms with Crippen molar-refractivity contribution >= 4 is 17.7 Å². The second kappa shape index (κ2) is 6.76. The minimum absolute atomic E-state index is 0.263. The van der Waals surface area contributed by atoms with Crippen molar-refractivity contribution in [2.24, 2.45) is 0 Å². The molecule has 1 aliphatic rings. The summed E-state index contributed by atoms with van der Waals surface area (Å²) in [5.41, 5.74) is 2.82. The van der Waals surface area contributed by atoms with Crippen LogP contribution in [0.15, 0.2) is 11.1 Å². The van der Waals surface area contributed by atoms with E-state index >= 15 is 0 Å². The number of carbonyl (C=O) groups excluding carboxylic acids is 1. The van der Waals surface area contributed by atoms with Gasteiger partial charge in [-0.15, -0.1) is 0 Å². The molecule has 0 amide bonds. The molecule has 1 unspecified atom stereocenters. The third-order valence-electron chi connectivity index (χ3n) is 3.29. The molecule has 1 aromatic heterocycles. The van der Waals surface area contributed by atoms with Crippen molar-refractivity contribution in [2.45, 2.75) is 49.8 Å². The maximum atomic E-state index is 11.7. The van der Waals surface area contributed by atoms with E-state index < -0.39 is 0 Å². The molecule has 106 valence electrons. The van der Waals surface area contributed by atoms with E-state index in [2.05, 4.69) is 11.1 Å². The number of ether oxygens (including phenoxy) is 1. The first-order valence-electron chi connectivity index (χ1n) is 6.92. The van der Waals surface area contributed by atoms with Gasteiger partial charge in [0, 0.05) is 5.69 Å². The number of fused-ring (bicyclic) bond motifs is 1. The van der Waals surface area contributed by atoms with E-state index in [4.69, 9.17) is 4.74 Å². The van der Waals surface area contributed by atoms with Gasteiger partial charge in [-0.2, -0.15) is 5.26 Å². The SMILES string of the molecule is CCOC(=O)C(C)Sc1nc2c(cc1C#N)CCCC2. The van der Waals surface area contributed by atoms with Gasteiger partial charge in [0.05, 0.1) is 12.2 Å². The molecule has 0 N–H and O–H groups in total. The second-order valence-corrected chi connectivity index (χ2v) is 6.11. The molecular formula is C15H18N2O2S. The van der Waals surface area contributed by atoms with Crippen LogP contribution in [0.3, 0.4) is 0 Å². The second-order valence-electron chi connectivity index (χ2n) is 4.78. The average molecular weight is 290 g/mol. The van der Waals surface area contributed by atoms with Crippen LogP contribution in [0.1, 0.15) is 43.5 Å². The van der Waals surface area contributed by atoms with Gasteiger partial charge >= 0.3 is 5.97 Å². The quantitative estimate of drug-likeness (QED) is 0.630. The Morgan fingerprint density at radius 2 is 2.30 bits per heavy atom. The normalized spacial score (nSPS) is 15.1. The Bertz CT molecular complexity index is 552. The molecule has 0 aromatic carbocycles. The Balaban J connectivity index is 2.22. The molecule has 1 aromatic rings. The zero-order valence-electron chi connectivity index (χ0n) is 11.8. The fraction of sp³-hybridized carbons (Fsp3) is 0.533. The average Bonchev–Trinajstić information content (AvgIpc) is 2.46. The van der Waals surface area contributed by atoms with Crippen LogP contribution < -0.4 is 0 Å². The maximum Gasteiger partial charge on any atom is 0.319 e. The van der Waals surface area contributed by atoms with Gasteiger partial charge in [-0.3, -0.25) is 4.79 Å². The topological polar surface area (TPSA) is 63.0 Å². The number of pyridine rings is 1. The molecule has 0 aliphatic heterocycles. The molecule has 0 bridgehead atoms. The molecule has 1 heterocycles. The third-order valence-corrected chi connectivity index (χ3v) is 4.37. The Labute approximate surface area is 123 Å². The van der Waals surface area contributed by atoms with Crippen LogP contribution in [0.25, 0.3) is 0 Å². The maximum absolute atomic E-state index is 11.7. The number of hydrogen-bond donors (Lipinski definition) is 0. The van der Waals surface area contributed by atoms with Crippen LogP contribution >= 0.6 is 11.8 Å². The predicted molar refractivity (Wildman–Crippen MR) is 77.5 cm³/mol. The summed E-state index contributed by atoms with van der Waals surface area (Å²) in [4.78, 5) is 16.3. The molecule has 4 nitrogen and oxygen atoms in total. The van der Waals surface area contributed by atoms with Gasteiger partial charge in [-0.25, -0.2) is 4.98 Å². The Kier molecular flexibility index (Phi) is 5.02. The lowest BCUT2D eigenvalue weighted by Crippen LogP contribution is -2.17. The molecule has 0 spiro atoms. The monoisotopic (exact) mass is 290 g/mol. The minimum Gasteiger partial charge on any atom is -0.465 e. The lowest BCUT2D eigenvalue weighted by atomic mass is 9.95. The molecule has 0 saturated heterocycles. The van der Waals surface area contributed by atoms with E-state index in [-0.39, 0.29) is 11.2 Å². The molecule has 0 fully saturated rings. The van der Waals surface area contributed by atoms with Gasteiger partial charge in [-0.05, 0) is 51.2 Å². The number of thioether (sulfide) groups is 1. The first-order chi connectivity index (χ1) is 9.65. The predicted octanol–water partition coefficient (Wildman–Crippen LogP) is 2.88. The molecule has 2 rings (SSSR count). The lowest BCUT2D eigenvalue weighted by molar-refractivity contribution is -0.142. The molecule has 20 heavy (non-hydrogen) atoms. The fourth-order valence-electron chi connectivity index (χ4n) is 2.26. The Hall–Kier alpha value is -1.54. The fourth-order valence-corrected chi connectivity index (χ4v) is 3.15. The van der Waals surface area contributed by atoms with Crippen LogP contribution in [-0.2, 0) is 22.4 Å². The van der Waals surface area contributed by atoms with Crippen molar-refractivity contribution in [3.8, 4) is 6.07 Å². The molecule has 0 radical (unpaired) electrons.